The highest BCUT2D eigenvalue weighted by molar-refractivity contribution is 7.10. The third kappa shape index (κ3) is 3.24. The minimum absolute atomic E-state index is 0.251. The summed E-state index contributed by atoms with van der Waals surface area (Å²) in [7, 11) is 0. The second kappa shape index (κ2) is 6.33. The van der Waals surface area contributed by atoms with Gasteiger partial charge >= 0.3 is 0 Å². The highest BCUT2D eigenvalue weighted by Crippen LogP contribution is 2.37. The van der Waals surface area contributed by atoms with Crippen molar-refractivity contribution in [2.75, 3.05) is 0 Å². The summed E-state index contributed by atoms with van der Waals surface area (Å²) in [6.45, 7) is 6.90. The van der Waals surface area contributed by atoms with Gasteiger partial charge in [0.1, 0.15) is 0 Å². The lowest BCUT2D eigenvalue weighted by atomic mass is 9.82. The van der Waals surface area contributed by atoms with Gasteiger partial charge in [-0.15, -0.1) is 11.3 Å². The van der Waals surface area contributed by atoms with E-state index >= 15 is 0 Å². The molecule has 0 saturated heterocycles. The zero-order chi connectivity index (χ0) is 13.7. The monoisotopic (exact) mass is 273 g/mol. The van der Waals surface area contributed by atoms with Gasteiger partial charge in [0, 0.05) is 16.4 Å². The standard InChI is InChI=1S/C17H23NS/c1-4-11-17(3,12-5-2)16-18-15(13-19-16)14-9-7-6-8-10-14/h6-10,13H,4-5,11-12H2,1-3H3. The van der Waals surface area contributed by atoms with Gasteiger partial charge in [0.25, 0.3) is 0 Å². The number of thiazole rings is 1. The van der Waals surface area contributed by atoms with Crippen LogP contribution in [0.15, 0.2) is 35.7 Å². The van der Waals surface area contributed by atoms with Crippen LogP contribution in [0.25, 0.3) is 11.3 Å². The van der Waals surface area contributed by atoms with E-state index in [0.29, 0.717) is 0 Å². The first-order valence-corrected chi connectivity index (χ1v) is 8.09. The highest BCUT2D eigenvalue weighted by Gasteiger charge is 2.28. The molecule has 0 spiro atoms. The minimum Gasteiger partial charge on any atom is -0.241 e. The Kier molecular flexibility index (Phi) is 4.76. The largest absolute Gasteiger partial charge is 0.241 e. The molecule has 0 aliphatic carbocycles. The zero-order valence-corrected chi connectivity index (χ0v) is 13.0. The highest BCUT2D eigenvalue weighted by atomic mass is 32.1. The summed E-state index contributed by atoms with van der Waals surface area (Å²) >= 11 is 1.82. The lowest BCUT2D eigenvalue weighted by Gasteiger charge is -2.26. The van der Waals surface area contributed by atoms with Gasteiger partial charge < -0.3 is 0 Å². The van der Waals surface area contributed by atoms with Crippen molar-refractivity contribution in [1.29, 1.82) is 0 Å². The van der Waals surface area contributed by atoms with Crippen molar-refractivity contribution in [1.82, 2.24) is 4.98 Å². The van der Waals surface area contributed by atoms with Crippen molar-refractivity contribution < 1.29 is 0 Å². The molecule has 2 heteroatoms. The predicted octanol–water partition coefficient (Wildman–Crippen LogP) is 5.67. The van der Waals surface area contributed by atoms with Crippen molar-refractivity contribution >= 4 is 11.3 Å². The Bertz CT molecular complexity index is 495. The van der Waals surface area contributed by atoms with E-state index in [1.54, 1.807) is 0 Å². The molecule has 0 N–H and O–H groups in total. The summed E-state index contributed by atoms with van der Waals surface area (Å²) in [5, 5.41) is 3.50. The molecule has 0 radical (unpaired) electrons. The zero-order valence-electron chi connectivity index (χ0n) is 12.1. The first kappa shape index (κ1) is 14.3. The molecule has 1 nitrogen and oxygen atoms in total. The summed E-state index contributed by atoms with van der Waals surface area (Å²) in [5.41, 5.74) is 2.60. The van der Waals surface area contributed by atoms with Gasteiger partial charge in [0.05, 0.1) is 10.7 Å². The van der Waals surface area contributed by atoms with Gasteiger partial charge in [0.15, 0.2) is 0 Å². The van der Waals surface area contributed by atoms with Gasteiger partial charge in [-0.1, -0.05) is 63.9 Å². The molecule has 0 unspecified atom stereocenters. The molecule has 0 aliphatic rings. The summed E-state index contributed by atoms with van der Waals surface area (Å²) in [4.78, 5) is 4.91. The molecule has 1 heterocycles. The lowest BCUT2D eigenvalue weighted by molar-refractivity contribution is 0.390. The molecule has 0 aliphatic heterocycles. The molecular formula is C17H23NS. The topological polar surface area (TPSA) is 12.9 Å². The van der Waals surface area contributed by atoms with Crippen LogP contribution in [0.5, 0.6) is 0 Å². The van der Waals surface area contributed by atoms with E-state index in [2.05, 4.69) is 56.5 Å². The van der Waals surface area contributed by atoms with Crippen LogP contribution >= 0.6 is 11.3 Å². The van der Waals surface area contributed by atoms with Crippen molar-refractivity contribution in [2.45, 2.75) is 51.9 Å². The summed E-state index contributed by atoms with van der Waals surface area (Å²) in [5.74, 6) is 0. The van der Waals surface area contributed by atoms with Crippen LogP contribution in [-0.2, 0) is 5.41 Å². The third-order valence-electron chi connectivity index (χ3n) is 3.69. The van der Waals surface area contributed by atoms with E-state index in [1.165, 1.54) is 36.3 Å². The normalized spacial score (nSPS) is 11.7. The average Bonchev–Trinajstić information content (AvgIpc) is 2.90. The Balaban J connectivity index is 2.29. The number of nitrogens with zero attached hydrogens (tertiary/aromatic N) is 1. The molecule has 19 heavy (non-hydrogen) atoms. The number of hydrogen-bond donors (Lipinski definition) is 0. The Morgan fingerprint density at radius 1 is 1.05 bits per heavy atom. The Labute approximate surface area is 120 Å². The quantitative estimate of drug-likeness (QED) is 0.661. The minimum atomic E-state index is 0.251. The second-order valence-corrected chi connectivity index (χ2v) is 6.32. The molecule has 102 valence electrons. The molecule has 0 bridgehead atoms. The van der Waals surface area contributed by atoms with Crippen LogP contribution < -0.4 is 0 Å². The third-order valence-corrected chi connectivity index (χ3v) is 4.84. The smallest absolute Gasteiger partial charge is 0.0991 e. The van der Waals surface area contributed by atoms with E-state index in [9.17, 15) is 0 Å². The Morgan fingerprint density at radius 3 is 2.26 bits per heavy atom. The number of aromatic nitrogens is 1. The van der Waals surface area contributed by atoms with Crippen molar-refractivity contribution in [3.8, 4) is 11.3 Å². The van der Waals surface area contributed by atoms with E-state index in [-0.39, 0.29) is 5.41 Å². The fourth-order valence-corrected chi connectivity index (χ4v) is 3.79. The van der Waals surface area contributed by atoms with Crippen LogP contribution in [0.1, 0.15) is 51.5 Å². The second-order valence-electron chi connectivity index (χ2n) is 5.46. The first-order chi connectivity index (χ1) is 9.19. The molecule has 1 aromatic carbocycles. The van der Waals surface area contributed by atoms with E-state index < -0.39 is 0 Å². The van der Waals surface area contributed by atoms with E-state index in [4.69, 9.17) is 4.98 Å². The number of hydrogen-bond acceptors (Lipinski definition) is 2. The van der Waals surface area contributed by atoms with E-state index in [0.717, 1.165) is 5.69 Å². The SMILES string of the molecule is CCCC(C)(CCC)c1nc(-c2ccccc2)cs1. The fraction of sp³-hybridized carbons (Fsp3) is 0.471. The molecule has 2 rings (SSSR count). The maximum absolute atomic E-state index is 4.91. The van der Waals surface area contributed by atoms with Gasteiger partial charge in [-0.2, -0.15) is 0 Å². The van der Waals surface area contributed by atoms with Crippen molar-refractivity contribution in [2.24, 2.45) is 0 Å². The van der Waals surface area contributed by atoms with Gasteiger partial charge in [-0.05, 0) is 12.8 Å². The first-order valence-electron chi connectivity index (χ1n) is 7.21. The average molecular weight is 273 g/mol. The van der Waals surface area contributed by atoms with Crippen LogP contribution in [-0.4, -0.2) is 4.98 Å². The molecule has 0 amide bonds. The maximum Gasteiger partial charge on any atom is 0.0991 e. The van der Waals surface area contributed by atoms with Crippen LogP contribution in [0.2, 0.25) is 0 Å². The molecule has 0 atom stereocenters. The summed E-state index contributed by atoms with van der Waals surface area (Å²) < 4.78 is 0. The molecular weight excluding hydrogens is 250 g/mol. The Morgan fingerprint density at radius 2 is 1.68 bits per heavy atom. The van der Waals surface area contributed by atoms with Crippen molar-refractivity contribution in [3.63, 3.8) is 0 Å². The number of rotatable bonds is 6. The molecule has 0 fully saturated rings. The van der Waals surface area contributed by atoms with Crippen molar-refractivity contribution in [3.05, 3.63) is 40.7 Å². The maximum atomic E-state index is 4.91. The molecule has 2 aromatic rings. The van der Waals surface area contributed by atoms with Gasteiger partial charge in [0.2, 0.25) is 0 Å². The number of benzene rings is 1. The van der Waals surface area contributed by atoms with Crippen LogP contribution in [0, 0.1) is 0 Å². The van der Waals surface area contributed by atoms with Crippen LogP contribution in [0.3, 0.4) is 0 Å². The summed E-state index contributed by atoms with van der Waals surface area (Å²) in [6.07, 6.45) is 4.89. The van der Waals surface area contributed by atoms with E-state index in [1.807, 2.05) is 11.3 Å². The lowest BCUT2D eigenvalue weighted by Crippen LogP contribution is -2.21. The Hall–Kier alpha value is -1.15. The van der Waals surface area contributed by atoms with Gasteiger partial charge in [-0.25, -0.2) is 4.98 Å². The van der Waals surface area contributed by atoms with Gasteiger partial charge in [-0.3, -0.25) is 0 Å². The van der Waals surface area contributed by atoms with Crippen LogP contribution in [0.4, 0.5) is 0 Å². The fourth-order valence-electron chi connectivity index (χ4n) is 2.73. The molecule has 1 aromatic heterocycles. The predicted molar refractivity (Wildman–Crippen MR) is 84.7 cm³/mol. The molecule has 0 saturated carbocycles. The summed E-state index contributed by atoms with van der Waals surface area (Å²) in [6, 6.07) is 10.5.